The summed E-state index contributed by atoms with van der Waals surface area (Å²) in [4.78, 5) is 4.67. The Morgan fingerprint density at radius 3 is 2.28 bits per heavy atom. The lowest BCUT2D eigenvalue weighted by molar-refractivity contribution is 0.121. The van der Waals surface area contributed by atoms with Crippen molar-refractivity contribution in [3.05, 3.63) is 65.0 Å². The quantitative estimate of drug-likeness (QED) is 0.839. The van der Waals surface area contributed by atoms with Gasteiger partial charge in [-0.1, -0.05) is 18.2 Å². The average Bonchev–Trinajstić information content (AvgIpc) is 2.64. The first-order valence-corrected chi connectivity index (χ1v) is 8.44. The number of ether oxygens (including phenoxy) is 1. The molecular formula is C20H22FN3O. The first-order chi connectivity index (χ1) is 12.2. The Bertz CT molecular complexity index is 764. The summed E-state index contributed by atoms with van der Waals surface area (Å²) in [6.45, 7) is 5.15. The van der Waals surface area contributed by atoms with Gasteiger partial charge in [0.1, 0.15) is 11.6 Å². The van der Waals surface area contributed by atoms with Crippen molar-refractivity contribution in [2.75, 3.05) is 33.3 Å². The van der Waals surface area contributed by atoms with Gasteiger partial charge in [-0.05, 0) is 29.8 Å². The Hall–Kier alpha value is -2.42. The molecule has 2 aromatic rings. The van der Waals surface area contributed by atoms with Crippen LogP contribution in [0, 0.1) is 17.1 Å². The predicted octanol–water partition coefficient (Wildman–Crippen LogP) is 3.02. The van der Waals surface area contributed by atoms with Crippen LogP contribution in [-0.2, 0) is 13.1 Å². The second kappa shape index (κ2) is 8.11. The Labute approximate surface area is 148 Å². The molecule has 1 fully saturated rings. The summed E-state index contributed by atoms with van der Waals surface area (Å²) in [7, 11) is 1.61. The summed E-state index contributed by atoms with van der Waals surface area (Å²) in [5.74, 6) is 0.495. The van der Waals surface area contributed by atoms with Crippen LogP contribution in [0.15, 0.2) is 42.5 Å². The maximum absolute atomic E-state index is 13.5. The van der Waals surface area contributed by atoms with Crippen LogP contribution >= 0.6 is 0 Å². The summed E-state index contributed by atoms with van der Waals surface area (Å²) in [6, 6.07) is 14.7. The molecule has 0 spiro atoms. The van der Waals surface area contributed by atoms with E-state index in [1.165, 1.54) is 6.07 Å². The third-order valence-electron chi connectivity index (χ3n) is 4.63. The van der Waals surface area contributed by atoms with E-state index in [9.17, 15) is 9.65 Å². The number of benzene rings is 2. The maximum Gasteiger partial charge on any atom is 0.123 e. The summed E-state index contributed by atoms with van der Waals surface area (Å²) < 4.78 is 18.8. The molecule has 1 heterocycles. The van der Waals surface area contributed by atoms with Gasteiger partial charge >= 0.3 is 0 Å². The fourth-order valence-corrected chi connectivity index (χ4v) is 3.23. The predicted molar refractivity (Wildman–Crippen MR) is 94.7 cm³/mol. The number of hydrogen-bond acceptors (Lipinski definition) is 4. The SMILES string of the molecule is COc1ccc(F)cc1CN1CCN(Cc2ccccc2C#N)CC1. The molecular weight excluding hydrogens is 317 g/mol. The highest BCUT2D eigenvalue weighted by molar-refractivity contribution is 5.37. The van der Waals surface area contributed by atoms with E-state index in [-0.39, 0.29) is 5.82 Å². The molecule has 2 aromatic carbocycles. The Morgan fingerprint density at radius 2 is 1.64 bits per heavy atom. The molecule has 5 heteroatoms. The third-order valence-corrected chi connectivity index (χ3v) is 4.63. The molecule has 3 rings (SSSR count). The lowest BCUT2D eigenvalue weighted by atomic mass is 10.1. The van der Waals surface area contributed by atoms with Crippen LogP contribution in [0.4, 0.5) is 4.39 Å². The van der Waals surface area contributed by atoms with Crippen LogP contribution in [0.2, 0.25) is 0 Å². The molecule has 0 aliphatic carbocycles. The summed E-state index contributed by atoms with van der Waals surface area (Å²) >= 11 is 0. The van der Waals surface area contributed by atoms with Gasteiger partial charge in [0.15, 0.2) is 0 Å². The van der Waals surface area contributed by atoms with Crippen LogP contribution in [0.25, 0.3) is 0 Å². The molecule has 0 amide bonds. The van der Waals surface area contributed by atoms with E-state index in [2.05, 4.69) is 15.9 Å². The van der Waals surface area contributed by atoms with E-state index in [0.29, 0.717) is 6.54 Å². The molecule has 1 aliphatic heterocycles. The van der Waals surface area contributed by atoms with E-state index < -0.39 is 0 Å². The van der Waals surface area contributed by atoms with Crippen molar-refractivity contribution in [2.45, 2.75) is 13.1 Å². The van der Waals surface area contributed by atoms with Crippen LogP contribution in [0.1, 0.15) is 16.7 Å². The zero-order valence-electron chi connectivity index (χ0n) is 14.4. The molecule has 0 saturated carbocycles. The fraction of sp³-hybridized carbons (Fsp3) is 0.350. The third kappa shape index (κ3) is 4.36. The van der Waals surface area contributed by atoms with Gasteiger partial charge in [0.25, 0.3) is 0 Å². The molecule has 0 radical (unpaired) electrons. The molecule has 0 aromatic heterocycles. The smallest absolute Gasteiger partial charge is 0.123 e. The average molecular weight is 339 g/mol. The largest absolute Gasteiger partial charge is 0.496 e. The van der Waals surface area contributed by atoms with Crippen molar-refractivity contribution in [1.82, 2.24) is 9.80 Å². The minimum atomic E-state index is -0.234. The van der Waals surface area contributed by atoms with Gasteiger partial charge in [-0.25, -0.2) is 4.39 Å². The Balaban J connectivity index is 1.57. The van der Waals surface area contributed by atoms with Crippen LogP contribution in [0.5, 0.6) is 5.75 Å². The minimum Gasteiger partial charge on any atom is -0.496 e. The number of methoxy groups -OCH3 is 1. The normalized spacial score (nSPS) is 15.7. The van der Waals surface area contributed by atoms with Gasteiger partial charge in [0.05, 0.1) is 18.7 Å². The van der Waals surface area contributed by atoms with Gasteiger partial charge in [0, 0.05) is 44.8 Å². The van der Waals surface area contributed by atoms with Crippen molar-refractivity contribution < 1.29 is 9.13 Å². The molecule has 0 N–H and O–H groups in total. The van der Waals surface area contributed by atoms with Gasteiger partial charge in [-0.2, -0.15) is 5.26 Å². The lowest BCUT2D eigenvalue weighted by Gasteiger charge is -2.35. The van der Waals surface area contributed by atoms with Crippen molar-refractivity contribution in [3.63, 3.8) is 0 Å². The summed E-state index contributed by atoms with van der Waals surface area (Å²) in [6.07, 6.45) is 0. The monoisotopic (exact) mass is 339 g/mol. The maximum atomic E-state index is 13.5. The van der Waals surface area contributed by atoms with Crippen LogP contribution in [-0.4, -0.2) is 43.1 Å². The molecule has 1 saturated heterocycles. The highest BCUT2D eigenvalue weighted by atomic mass is 19.1. The molecule has 25 heavy (non-hydrogen) atoms. The second-order valence-corrected chi connectivity index (χ2v) is 6.28. The number of halogens is 1. The molecule has 0 atom stereocenters. The first-order valence-electron chi connectivity index (χ1n) is 8.44. The summed E-state index contributed by atoms with van der Waals surface area (Å²) in [5.41, 5.74) is 2.70. The van der Waals surface area contributed by atoms with Crippen LogP contribution in [0.3, 0.4) is 0 Å². The number of hydrogen-bond donors (Lipinski definition) is 0. The van der Waals surface area contributed by atoms with Gasteiger partial charge in [-0.15, -0.1) is 0 Å². The van der Waals surface area contributed by atoms with Crippen molar-refractivity contribution in [3.8, 4) is 11.8 Å². The van der Waals surface area contributed by atoms with E-state index in [1.807, 2.05) is 24.3 Å². The van der Waals surface area contributed by atoms with Crippen molar-refractivity contribution >= 4 is 0 Å². The van der Waals surface area contributed by atoms with Crippen molar-refractivity contribution in [2.24, 2.45) is 0 Å². The van der Waals surface area contributed by atoms with E-state index in [4.69, 9.17) is 4.74 Å². The standard InChI is InChI=1S/C20H22FN3O/c1-25-20-7-6-19(21)12-18(20)15-24-10-8-23(9-11-24)14-17-5-3-2-4-16(17)13-22/h2-7,12H,8-11,14-15H2,1H3. The van der Waals surface area contributed by atoms with Gasteiger partial charge < -0.3 is 4.74 Å². The molecule has 0 unspecified atom stereocenters. The number of nitriles is 1. The van der Waals surface area contributed by atoms with E-state index in [0.717, 1.165) is 55.2 Å². The van der Waals surface area contributed by atoms with Gasteiger partial charge in [0.2, 0.25) is 0 Å². The molecule has 1 aliphatic rings. The molecule has 4 nitrogen and oxygen atoms in total. The Kier molecular flexibility index (Phi) is 5.64. The van der Waals surface area contributed by atoms with Crippen LogP contribution < -0.4 is 4.74 Å². The first kappa shape index (κ1) is 17.4. The second-order valence-electron chi connectivity index (χ2n) is 6.28. The number of rotatable bonds is 5. The lowest BCUT2D eigenvalue weighted by Crippen LogP contribution is -2.45. The molecule has 130 valence electrons. The van der Waals surface area contributed by atoms with E-state index in [1.54, 1.807) is 19.2 Å². The van der Waals surface area contributed by atoms with Crippen molar-refractivity contribution in [1.29, 1.82) is 5.26 Å². The fourth-order valence-electron chi connectivity index (χ4n) is 3.23. The highest BCUT2D eigenvalue weighted by Crippen LogP contribution is 2.22. The minimum absolute atomic E-state index is 0.234. The van der Waals surface area contributed by atoms with Gasteiger partial charge in [-0.3, -0.25) is 9.80 Å². The molecule has 0 bridgehead atoms. The number of piperazine rings is 1. The Morgan fingerprint density at radius 1 is 1.00 bits per heavy atom. The number of nitrogens with zero attached hydrogens (tertiary/aromatic N) is 3. The topological polar surface area (TPSA) is 39.5 Å². The summed E-state index contributed by atoms with van der Waals surface area (Å²) in [5, 5.41) is 9.21. The zero-order chi connectivity index (χ0) is 17.6. The highest BCUT2D eigenvalue weighted by Gasteiger charge is 2.19. The van der Waals surface area contributed by atoms with E-state index >= 15 is 0 Å². The zero-order valence-corrected chi connectivity index (χ0v) is 14.4.